The highest BCUT2D eigenvalue weighted by Crippen LogP contribution is 2.54. The lowest BCUT2D eigenvalue weighted by Gasteiger charge is -2.53. The van der Waals surface area contributed by atoms with E-state index in [2.05, 4.69) is 15.3 Å². The van der Waals surface area contributed by atoms with Crippen LogP contribution in [0, 0.1) is 23.7 Å². The third-order valence-corrected chi connectivity index (χ3v) is 8.98. The van der Waals surface area contributed by atoms with Crippen LogP contribution < -0.4 is 5.32 Å². The first-order chi connectivity index (χ1) is 19.4. The molecule has 1 aromatic heterocycles. The highest BCUT2D eigenvalue weighted by Gasteiger charge is 2.50. The lowest BCUT2D eigenvalue weighted by molar-refractivity contribution is -0.137. The number of rotatable bonds is 9. The van der Waals surface area contributed by atoms with Crippen molar-refractivity contribution in [3.8, 4) is 0 Å². The Morgan fingerprint density at radius 1 is 0.950 bits per heavy atom. The number of amides is 2. The molecule has 2 aromatic carbocycles. The molecule has 7 rings (SSSR count). The van der Waals surface area contributed by atoms with Crippen molar-refractivity contribution in [1.82, 2.24) is 10.3 Å². The maximum Gasteiger partial charge on any atom is 0.434 e. The number of carbonyl (C=O) groups is 3. The standard InChI is InChI=1S/C32H35N3O5/c36-29(37)17-25(15-19-6-2-1-3-7-19)34-31(38)28(16-24-18-33-27-9-5-4-8-26(24)27)35-32(39)40-30-22-11-20-10-21(13-22)14-23(30)12-20/h1-9,18,20-23,25,30,33H,10-17H2,(H,34,38)(H,36,37)/b35-28-/t20?,21?,22?,23?,25-,30?/m1/s1. The topological polar surface area (TPSA) is 121 Å². The first kappa shape index (κ1) is 26.3. The molecule has 4 aliphatic rings. The quantitative estimate of drug-likeness (QED) is 0.317. The fourth-order valence-corrected chi connectivity index (χ4v) is 7.50. The average molecular weight is 542 g/mol. The number of carbonyl (C=O) groups excluding carboxylic acids is 2. The molecule has 0 spiro atoms. The summed E-state index contributed by atoms with van der Waals surface area (Å²) in [7, 11) is 0. The van der Waals surface area contributed by atoms with Crippen LogP contribution in [-0.2, 0) is 27.2 Å². The van der Waals surface area contributed by atoms with Crippen molar-refractivity contribution in [2.75, 3.05) is 0 Å². The average Bonchev–Trinajstić information content (AvgIpc) is 3.33. The van der Waals surface area contributed by atoms with Gasteiger partial charge in [0.15, 0.2) is 0 Å². The Morgan fingerprint density at radius 2 is 1.62 bits per heavy atom. The summed E-state index contributed by atoms with van der Waals surface area (Å²) in [4.78, 5) is 45.9. The maximum atomic E-state index is 13.6. The smallest absolute Gasteiger partial charge is 0.434 e. The number of aliphatic imine (C=N–C) groups is 1. The fourth-order valence-electron chi connectivity index (χ4n) is 7.50. The van der Waals surface area contributed by atoms with Crippen molar-refractivity contribution in [1.29, 1.82) is 0 Å². The summed E-state index contributed by atoms with van der Waals surface area (Å²) in [6.45, 7) is 0. The second-order valence-electron chi connectivity index (χ2n) is 11.8. The number of aliphatic carboxylic acids is 1. The van der Waals surface area contributed by atoms with Crippen LogP contribution in [0.1, 0.15) is 49.7 Å². The largest absolute Gasteiger partial charge is 0.481 e. The van der Waals surface area contributed by atoms with Gasteiger partial charge >= 0.3 is 12.1 Å². The van der Waals surface area contributed by atoms with Gasteiger partial charge in [-0.15, -0.1) is 0 Å². The van der Waals surface area contributed by atoms with E-state index in [1.54, 1.807) is 0 Å². The summed E-state index contributed by atoms with van der Waals surface area (Å²) in [5.41, 5.74) is 2.67. The van der Waals surface area contributed by atoms with E-state index < -0.39 is 24.0 Å². The van der Waals surface area contributed by atoms with Gasteiger partial charge in [0, 0.05) is 29.6 Å². The lowest BCUT2D eigenvalue weighted by Crippen LogP contribution is -2.50. The van der Waals surface area contributed by atoms with Gasteiger partial charge in [0.2, 0.25) is 0 Å². The minimum atomic E-state index is -1.02. The Bertz CT molecular complexity index is 1400. The van der Waals surface area contributed by atoms with Crippen LogP contribution in [0.25, 0.3) is 10.9 Å². The predicted octanol–water partition coefficient (Wildman–Crippen LogP) is 5.31. The Labute approximate surface area is 233 Å². The number of H-pyrrole nitrogens is 1. The number of nitrogens with zero attached hydrogens (tertiary/aromatic N) is 1. The van der Waals surface area contributed by atoms with Crippen LogP contribution >= 0.6 is 0 Å². The molecule has 0 unspecified atom stereocenters. The second-order valence-corrected chi connectivity index (χ2v) is 11.8. The molecule has 1 heterocycles. The molecule has 4 fully saturated rings. The molecule has 4 saturated carbocycles. The summed E-state index contributed by atoms with van der Waals surface area (Å²) in [5, 5.41) is 13.3. The first-order valence-corrected chi connectivity index (χ1v) is 14.3. The normalized spacial score (nSPS) is 26.0. The number of carboxylic acids is 1. The minimum absolute atomic E-state index is 0.0158. The Balaban J connectivity index is 1.23. The summed E-state index contributed by atoms with van der Waals surface area (Å²) in [6.07, 6.45) is 6.87. The van der Waals surface area contributed by atoms with Gasteiger partial charge in [0.05, 0.1) is 6.42 Å². The molecular formula is C32H35N3O5. The molecule has 1 atom stereocenters. The first-order valence-electron chi connectivity index (χ1n) is 14.3. The van der Waals surface area contributed by atoms with Crippen molar-refractivity contribution in [3.63, 3.8) is 0 Å². The molecule has 3 aromatic rings. The molecule has 208 valence electrons. The Kier molecular flexibility index (Phi) is 7.41. The van der Waals surface area contributed by atoms with E-state index in [-0.39, 0.29) is 24.7 Å². The monoisotopic (exact) mass is 541 g/mol. The number of aromatic nitrogens is 1. The zero-order valence-electron chi connectivity index (χ0n) is 22.4. The van der Waals surface area contributed by atoms with Crippen molar-refractivity contribution >= 4 is 34.6 Å². The van der Waals surface area contributed by atoms with Crippen LogP contribution in [-0.4, -0.2) is 45.9 Å². The molecule has 3 N–H and O–H groups in total. The Morgan fingerprint density at radius 3 is 2.33 bits per heavy atom. The fraction of sp³-hybridized carbons (Fsp3) is 0.438. The molecule has 0 saturated heterocycles. The van der Waals surface area contributed by atoms with E-state index in [1.807, 2.05) is 60.8 Å². The third kappa shape index (κ3) is 5.81. The van der Waals surface area contributed by atoms with Crippen molar-refractivity contribution in [3.05, 3.63) is 71.9 Å². The SMILES string of the molecule is O=C(O)C[C@@H](Cc1ccccc1)NC(=O)/C(Cc1c[nH]c2ccccc12)=N\C(=O)OC1C2CC3CC(C2)CC1C3. The van der Waals surface area contributed by atoms with Crippen molar-refractivity contribution in [2.45, 2.75) is 63.5 Å². The summed E-state index contributed by atoms with van der Waals surface area (Å²) in [5.74, 6) is 0.686. The number of aromatic amines is 1. The van der Waals surface area contributed by atoms with Gasteiger partial charge in [-0.2, -0.15) is 4.99 Å². The number of benzene rings is 2. The van der Waals surface area contributed by atoms with E-state index in [0.717, 1.165) is 59.5 Å². The molecule has 8 heteroatoms. The molecule has 0 aliphatic heterocycles. The van der Waals surface area contributed by atoms with Gasteiger partial charge in [-0.25, -0.2) is 4.79 Å². The molecule has 40 heavy (non-hydrogen) atoms. The van der Waals surface area contributed by atoms with Gasteiger partial charge in [0.25, 0.3) is 5.91 Å². The summed E-state index contributed by atoms with van der Waals surface area (Å²) in [6, 6.07) is 16.5. The highest BCUT2D eigenvalue weighted by atomic mass is 16.6. The summed E-state index contributed by atoms with van der Waals surface area (Å²) >= 11 is 0. The number of hydrogen-bond donors (Lipinski definition) is 3. The minimum Gasteiger partial charge on any atom is -0.481 e. The van der Waals surface area contributed by atoms with E-state index in [1.165, 1.54) is 6.42 Å². The molecule has 2 amide bonds. The van der Waals surface area contributed by atoms with Gasteiger partial charge in [-0.3, -0.25) is 9.59 Å². The third-order valence-electron chi connectivity index (χ3n) is 8.98. The molecule has 4 bridgehead atoms. The van der Waals surface area contributed by atoms with E-state index in [4.69, 9.17) is 4.74 Å². The van der Waals surface area contributed by atoms with E-state index in [0.29, 0.717) is 18.3 Å². The van der Waals surface area contributed by atoms with Crippen molar-refractivity contribution in [2.24, 2.45) is 28.7 Å². The predicted molar refractivity (Wildman–Crippen MR) is 151 cm³/mol. The lowest BCUT2D eigenvalue weighted by atomic mass is 9.55. The highest BCUT2D eigenvalue weighted by molar-refractivity contribution is 6.41. The maximum absolute atomic E-state index is 13.6. The number of hydrogen-bond acceptors (Lipinski definition) is 4. The van der Waals surface area contributed by atoms with Gasteiger partial charge in [-0.1, -0.05) is 48.5 Å². The van der Waals surface area contributed by atoms with Gasteiger partial charge in [0.1, 0.15) is 11.8 Å². The van der Waals surface area contributed by atoms with Gasteiger partial charge in [-0.05, 0) is 79.4 Å². The zero-order valence-corrected chi connectivity index (χ0v) is 22.4. The molecule has 8 nitrogen and oxygen atoms in total. The zero-order chi connectivity index (χ0) is 27.6. The van der Waals surface area contributed by atoms with Crippen LogP contribution in [0.2, 0.25) is 0 Å². The van der Waals surface area contributed by atoms with Crippen LogP contribution in [0.4, 0.5) is 4.79 Å². The molecule has 4 aliphatic carbocycles. The Hall–Kier alpha value is -3.94. The number of para-hydroxylation sites is 1. The number of carboxylic acid groups (broad SMARTS) is 1. The number of ether oxygens (including phenoxy) is 1. The van der Waals surface area contributed by atoms with Crippen molar-refractivity contribution < 1.29 is 24.2 Å². The summed E-state index contributed by atoms with van der Waals surface area (Å²) < 4.78 is 5.97. The van der Waals surface area contributed by atoms with Crippen LogP contribution in [0.5, 0.6) is 0 Å². The number of fused-ring (bicyclic) bond motifs is 1. The second kappa shape index (κ2) is 11.3. The molecule has 0 radical (unpaired) electrons. The number of nitrogens with one attached hydrogen (secondary N) is 2. The van der Waals surface area contributed by atoms with E-state index in [9.17, 15) is 19.5 Å². The van der Waals surface area contributed by atoms with Gasteiger partial charge < -0.3 is 20.1 Å². The molecular weight excluding hydrogens is 506 g/mol. The van der Waals surface area contributed by atoms with E-state index >= 15 is 0 Å². The van der Waals surface area contributed by atoms with Crippen LogP contribution in [0.3, 0.4) is 0 Å². The van der Waals surface area contributed by atoms with Crippen LogP contribution in [0.15, 0.2) is 65.8 Å².